The fraction of sp³-hybridized carbons (Fsp3) is 0.368. The first-order valence-corrected chi connectivity index (χ1v) is 8.08. The van der Waals surface area contributed by atoms with Crippen molar-refractivity contribution in [2.45, 2.75) is 32.1 Å². The van der Waals surface area contributed by atoms with Crippen molar-refractivity contribution < 1.29 is 0 Å². The maximum Gasteiger partial charge on any atom is 0.0369 e. The molecule has 1 aliphatic carbocycles. The van der Waals surface area contributed by atoms with E-state index in [2.05, 4.69) is 35.2 Å². The minimum atomic E-state index is 0.877. The number of nitrogen functional groups attached to an aromatic ring is 1. The molecule has 0 amide bonds. The van der Waals surface area contributed by atoms with Gasteiger partial charge in [0.1, 0.15) is 0 Å². The Morgan fingerprint density at radius 3 is 2.19 bits per heavy atom. The van der Waals surface area contributed by atoms with Crippen molar-refractivity contribution >= 4 is 11.4 Å². The van der Waals surface area contributed by atoms with Crippen molar-refractivity contribution in [2.75, 3.05) is 23.7 Å². The predicted octanol–water partition coefficient (Wildman–Crippen LogP) is 4.02. The van der Waals surface area contributed by atoms with Crippen molar-refractivity contribution in [1.82, 2.24) is 0 Å². The molecule has 2 aromatic carbocycles. The van der Waals surface area contributed by atoms with Crippen molar-refractivity contribution in [1.29, 1.82) is 0 Å². The molecular weight excluding hydrogens is 256 g/mol. The smallest absolute Gasteiger partial charge is 0.0369 e. The van der Waals surface area contributed by atoms with Gasteiger partial charge in [-0.2, -0.15) is 0 Å². The molecule has 1 aliphatic heterocycles. The Hall–Kier alpha value is -1.96. The average molecular weight is 278 g/mol. The number of aryl methyl sites for hydroxylation is 2. The SMILES string of the molecule is Nc1ccc2c(c1)CCc1cc(N3CCCCC3)ccc1-2. The summed E-state index contributed by atoms with van der Waals surface area (Å²) >= 11 is 0. The maximum absolute atomic E-state index is 5.92. The van der Waals surface area contributed by atoms with Crippen LogP contribution >= 0.6 is 0 Å². The molecule has 2 aliphatic rings. The van der Waals surface area contributed by atoms with Gasteiger partial charge in [-0.15, -0.1) is 0 Å². The number of benzene rings is 2. The van der Waals surface area contributed by atoms with Crippen molar-refractivity contribution in [2.24, 2.45) is 0 Å². The Morgan fingerprint density at radius 1 is 0.762 bits per heavy atom. The monoisotopic (exact) mass is 278 g/mol. The van der Waals surface area contributed by atoms with Crippen LogP contribution in [0.3, 0.4) is 0 Å². The van der Waals surface area contributed by atoms with E-state index in [0.717, 1.165) is 18.5 Å². The van der Waals surface area contributed by atoms with Crippen LogP contribution < -0.4 is 10.6 Å². The van der Waals surface area contributed by atoms with Gasteiger partial charge in [0, 0.05) is 24.5 Å². The molecule has 0 radical (unpaired) electrons. The molecule has 1 heterocycles. The molecule has 2 heteroatoms. The molecule has 1 fully saturated rings. The van der Waals surface area contributed by atoms with E-state index in [-0.39, 0.29) is 0 Å². The van der Waals surface area contributed by atoms with Crippen LogP contribution in [0.15, 0.2) is 36.4 Å². The van der Waals surface area contributed by atoms with Crippen LogP contribution in [0.2, 0.25) is 0 Å². The summed E-state index contributed by atoms with van der Waals surface area (Å²) in [5.74, 6) is 0. The fourth-order valence-corrected chi connectivity index (χ4v) is 3.75. The number of nitrogens with two attached hydrogens (primary N) is 1. The highest BCUT2D eigenvalue weighted by Gasteiger charge is 2.18. The van der Waals surface area contributed by atoms with Crippen LogP contribution in [0.4, 0.5) is 11.4 Å². The third-order valence-electron chi connectivity index (χ3n) is 4.89. The summed E-state index contributed by atoms with van der Waals surface area (Å²) in [6, 6.07) is 13.4. The molecule has 0 spiro atoms. The van der Waals surface area contributed by atoms with E-state index < -0.39 is 0 Å². The summed E-state index contributed by atoms with van der Waals surface area (Å²) in [4.78, 5) is 2.54. The number of anilines is 2. The molecule has 2 N–H and O–H groups in total. The molecule has 21 heavy (non-hydrogen) atoms. The lowest BCUT2D eigenvalue weighted by atomic mass is 9.85. The summed E-state index contributed by atoms with van der Waals surface area (Å²) < 4.78 is 0. The first-order chi connectivity index (χ1) is 10.3. The topological polar surface area (TPSA) is 29.3 Å². The van der Waals surface area contributed by atoms with Gasteiger partial charge in [-0.05, 0) is 78.6 Å². The molecule has 1 saturated heterocycles. The highest BCUT2D eigenvalue weighted by atomic mass is 15.1. The van der Waals surface area contributed by atoms with Gasteiger partial charge in [0.05, 0.1) is 0 Å². The Morgan fingerprint density at radius 2 is 1.43 bits per heavy atom. The van der Waals surface area contributed by atoms with Crippen molar-refractivity contribution in [3.63, 3.8) is 0 Å². The van der Waals surface area contributed by atoms with Crippen LogP contribution in [-0.4, -0.2) is 13.1 Å². The number of piperidine rings is 1. The Balaban J connectivity index is 1.72. The normalized spacial score (nSPS) is 17.2. The third kappa shape index (κ3) is 2.29. The van der Waals surface area contributed by atoms with Gasteiger partial charge >= 0.3 is 0 Å². The molecule has 4 rings (SSSR count). The highest BCUT2D eigenvalue weighted by Crippen LogP contribution is 2.36. The highest BCUT2D eigenvalue weighted by molar-refractivity contribution is 5.76. The van der Waals surface area contributed by atoms with Gasteiger partial charge in [0.2, 0.25) is 0 Å². The zero-order chi connectivity index (χ0) is 14.2. The quantitative estimate of drug-likeness (QED) is 0.798. The van der Waals surface area contributed by atoms with Crippen LogP contribution in [-0.2, 0) is 12.8 Å². The maximum atomic E-state index is 5.92. The van der Waals surface area contributed by atoms with Gasteiger partial charge in [-0.3, -0.25) is 0 Å². The number of fused-ring (bicyclic) bond motifs is 3. The van der Waals surface area contributed by atoms with Gasteiger partial charge in [-0.25, -0.2) is 0 Å². The first kappa shape index (κ1) is 12.8. The van der Waals surface area contributed by atoms with E-state index in [4.69, 9.17) is 5.73 Å². The zero-order valence-corrected chi connectivity index (χ0v) is 12.4. The third-order valence-corrected chi connectivity index (χ3v) is 4.89. The summed E-state index contributed by atoms with van der Waals surface area (Å²) in [7, 11) is 0. The molecule has 0 aromatic heterocycles. The fourth-order valence-electron chi connectivity index (χ4n) is 3.75. The van der Waals surface area contributed by atoms with E-state index in [1.807, 2.05) is 6.07 Å². The number of hydrogen-bond donors (Lipinski definition) is 1. The second kappa shape index (κ2) is 5.10. The zero-order valence-electron chi connectivity index (χ0n) is 12.4. The summed E-state index contributed by atoms with van der Waals surface area (Å²) in [5, 5.41) is 0. The molecule has 0 atom stereocenters. The van der Waals surface area contributed by atoms with E-state index >= 15 is 0 Å². The Bertz CT molecular complexity index is 669. The van der Waals surface area contributed by atoms with Gasteiger partial charge in [0.25, 0.3) is 0 Å². The van der Waals surface area contributed by atoms with Crippen LogP contribution in [0.5, 0.6) is 0 Å². The minimum Gasteiger partial charge on any atom is -0.399 e. The lowest BCUT2D eigenvalue weighted by molar-refractivity contribution is 0.577. The molecule has 2 nitrogen and oxygen atoms in total. The predicted molar refractivity (Wildman–Crippen MR) is 89.8 cm³/mol. The van der Waals surface area contributed by atoms with E-state index in [1.54, 1.807) is 0 Å². The second-order valence-electron chi connectivity index (χ2n) is 6.31. The van der Waals surface area contributed by atoms with Crippen LogP contribution in [0.1, 0.15) is 30.4 Å². The largest absolute Gasteiger partial charge is 0.399 e. The van der Waals surface area contributed by atoms with Gasteiger partial charge in [-0.1, -0.05) is 12.1 Å². The lowest BCUT2D eigenvalue weighted by Gasteiger charge is -2.30. The summed E-state index contributed by atoms with van der Waals surface area (Å²) in [5.41, 5.74) is 13.9. The average Bonchev–Trinajstić information content (AvgIpc) is 2.54. The molecule has 0 saturated carbocycles. The van der Waals surface area contributed by atoms with Gasteiger partial charge < -0.3 is 10.6 Å². The number of hydrogen-bond acceptors (Lipinski definition) is 2. The minimum absolute atomic E-state index is 0.877. The molecule has 0 bridgehead atoms. The van der Waals surface area contributed by atoms with Crippen molar-refractivity contribution in [3.05, 3.63) is 47.5 Å². The Kier molecular flexibility index (Phi) is 3.10. The summed E-state index contributed by atoms with van der Waals surface area (Å²) in [6.45, 7) is 2.43. The van der Waals surface area contributed by atoms with E-state index in [1.165, 1.54) is 60.3 Å². The number of rotatable bonds is 1. The molecule has 0 unspecified atom stereocenters. The van der Waals surface area contributed by atoms with Crippen LogP contribution in [0.25, 0.3) is 11.1 Å². The molecule has 108 valence electrons. The standard InChI is InChI=1S/C19H22N2/c20-16-6-8-18-14(12-16)4-5-15-13-17(7-9-19(15)18)21-10-2-1-3-11-21/h6-9,12-13H,1-5,10-11,20H2. The Labute approximate surface area is 126 Å². The van der Waals surface area contributed by atoms with Gasteiger partial charge in [0.15, 0.2) is 0 Å². The first-order valence-electron chi connectivity index (χ1n) is 8.08. The molecule has 2 aromatic rings. The van der Waals surface area contributed by atoms with E-state index in [9.17, 15) is 0 Å². The molecular formula is C19H22N2. The van der Waals surface area contributed by atoms with Crippen molar-refractivity contribution in [3.8, 4) is 11.1 Å². The van der Waals surface area contributed by atoms with E-state index in [0.29, 0.717) is 0 Å². The number of nitrogens with zero attached hydrogens (tertiary/aromatic N) is 1. The van der Waals surface area contributed by atoms with Crippen LogP contribution in [0, 0.1) is 0 Å². The summed E-state index contributed by atoms with van der Waals surface area (Å²) in [6.07, 6.45) is 6.29. The lowest BCUT2D eigenvalue weighted by Crippen LogP contribution is -2.29. The second-order valence-corrected chi connectivity index (χ2v) is 6.31.